The van der Waals surface area contributed by atoms with Gasteiger partial charge in [0.1, 0.15) is 0 Å². The van der Waals surface area contributed by atoms with Crippen molar-refractivity contribution in [1.29, 1.82) is 0 Å². The average Bonchev–Trinajstić information content (AvgIpc) is 3.30. The van der Waals surface area contributed by atoms with Crippen LogP contribution >= 0.6 is 0 Å². The van der Waals surface area contributed by atoms with E-state index >= 15 is 0 Å². The summed E-state index contributed by atoms with van der Waals surface area (Å²) in [5.41, 5.74) is 4.78. The third-order valence-electron chi connectivity index (χ3n) is 6.51. The fourth-order valence-electron chi connectivity index (χ4n) is 4.48. The molecule has 5 rings (SSSR count). The Morgan fingerprint density at radius 3 is 2.49 bits per heavy atom. The van der Waals surface area contributed by atoms with Gasteiger partial charge in [-0.25, -0.2) is 0 Å². The number of aromatic nitrogens is 5. The van der Waals surface area contributed by atoms with Crippen LogP contribution in [0.1, 0.15) is 50.2 Å². The second-order valence-corrected chi connectivity index (χ2v) is 9.36. The molecule has 1 aliphatic rings. The highest BCUT2D eigenvalue weighted by Crippen LogP contribution is 2.25. The van der Waals surface area contributed by atoms with Crippen LogP contribution in [-0.2, 0) is 6.54 Å². The number of benzene rings is 1. The van der Waals surface area contributed by atoms with E-state index in [1.807, 2.05) is 24.4 Å². The van der Waals surface area contributed by atoms with Crippen LogP contribution in [0.25, 0.3) is 16.9 Å². The monoisotopic (exact) mass is 473 g/mol. The number of fused-ring (bicyclic) bond motifs is 1. The molecule has 0 aliphatic heterocycles. The van der Waals surface area contributed by atoms with Gasteiger partial charge in [-0.1, -0.05) is 44.2 Å². The fourth-order valence-corrected chi connectivity index (χ4v) is 4.48. The third-order valence-corrected chi connectivity index (χ3v) is 6.51. The van der Waals surface area contributed by atoms with Gasteiger partial charge in [0.25, 0.3) is 0 Å². The number of nitrogens with zero attached hydrogens (tertiary/aromatic N) is 5. The van der Waals surface area contributed by atoms with E-state index in [1.165, 1.54) is 0 Å². The van der Waals surface area contributed by atoms with Crippen LogP contribution in [0, 0.1) is 0 Å². The van der Waals surface area contributed by atoms with Gasteiger partial charge < -0.3 is 20.8 Å². The first kappa shape index (κ1) is 23.2. The Labute approximate surface area is 204 Å². The summed E-state index contributed by atoms with van der Waals surface area (Å²) in [7, 11) is 0. The van der Waals surface area contributed by atoms with E-state index in [2.05, 4.69) is 68.8 Å². The van der Waals surface area contributed by atoms with Crippen LogP contribution in [0.4, 0.5) is 11.9 Å². The van der Waals surface area contributed by atoms with Crippen molar-refractivity contribution >= 4 is 17.5 Å². The van der Waals surface area contributed by atoms with E-state index in [0.29, 0.717) is 36.9 Å². The predicted molar refractivity (Wildman–Crippen MR) is 135 cm³/mol. The maximum atomic E-state index is 10.4. The molecule has 0 bridgehead atoms. The molecular weight excluding hydrogens is 442 g/mol. The van der Waals surface area contributed by atoms with Crippen LogP contribution in [0.3, 0.4) is 0 Å². The minimum absolute atomic E-state index is 0.230. The molecule has 4 aromatic rings. The summed E-state index contributed by atoms with van der Waals surface area (Å²) in [4.78, 5) is 13.7. The van der Waals surface area contributed by atoms with Crippen molar-refractivity contribution in [2.75, 3.05) is 10.6 Å². The van der Waals surface area contributed by atoms with Crippen molar-refractivity contribution in [3.63, 3.8) is 0 Å². The summed E-state index contributed by atoms with van der Waals surface area (Å²) < 4.78 is 1.70. The number of hydrogen-bond acceptors (Lipinski definition) is 8. The second kappa shape index (κ2) is 9.97. The lowest BCUT2D eigenvalue weighted by molar-refractivity contribution is 0.0258. The van der Waals surface area contributed by atoms with Crippen molar-refractivity contribution in [3.8, 4) is 11.3 Å². The highest BCUT2D eigenvalue weighted by Gasteiger charge is 2.31. The third kappa shape index (κ3) is 4.96. The molecule has 1 unspecified atom stereocenters. The topological polar surface area (TPSA) is 120 Å². The van der Waals surface area contributed by atoms with Crippen LogP contribution in [-0.4, -0.2) is 53.0 Å². The lowest BCUT2D eigenvalue weighted by atomic mass is 9.90. The predicted octanol–water partition coefficient (Wildman–Crippen LogP) is 3.61. The minimum Gasteiger partial charge on any atom is -0.391 e. The number of nitrogens with one attached hydrogen (secondary N) is 2. The van der Waals surface area contributed by atoms with Crippen molar-refractivity contribution in [1.82, 2.24) is 24.6 Å². The number of aliphatic hydroxyl groups is 2. The SMILES string of the molecule is CC(C)c1cnn2c(NCc3ccc(-c4ccccn4)cc3)nc(NC3[C@H](O)CCC[C@@H]3O)nc12. The van der Waals surface area contributed by atoms with Crippen molar-refractivity contribution in [3.05, 3.63) is 66.0 Å². The van der Waals surface area contributed by atoms with E-state index < -0.39 is 18.2 Å². The molecule has 9 nitrogen and oxygen atoms in total. The van der Waals surface area contributed by atoms with E-state index in [0.717, 1.165) is 28.8 Å². The lowest BCUT2D eigenvalue weighted by Gasteiger charge is -2.32. The van der Waals surface area contributed by atoms with Gasteiger partial charge in [-0.3, -0.25) is 4.98 Å². The van der Waals surface area contributed by atoms with Crippen LogP contribution in [0.2, 0.25) is 0 Å². The molecule has 0 saturated heterocycles. The van der Waals surface area contributed by atoms with Crippen LogP contribution < -0.4 is 10.6 Å². The van der Waals surface area contributed by atoms with Crippen molar-refractivity contribution in [2.24, 2.45) is 0 Å². The highest BCUT2D eigenvalue weighted by atomic mass is 16.3. The molecule has 0 amide bonds. The van der Waals surface area contributed by atoms with Gasteiger partial charge in [-0.15, -0.1) is 0 Å². The summed E-state index contributed by atoms with van der Waals surface area (Å²) >= 11 is 0. The van der Waals surface area contributed by atoms with Crippen molar-refractivity contribution < 1.29 is 10.2 Å². The molecule has 4 N–H and O–H groups in total. The van der Waals surface area contributed by atoms with Crippen LogP contribution in [0.5, 0.6) is 0 Å². The number of pyridine rings is 1. The summed E-state index contributed by atoms with van der Waals surface area (Å²) in [6, 6.07) is 13.6. The van der Waals surface area contributed by atoms with E-state index in [1.54, 1.807) is 10.7 Å². The zero-order chi connectivity index (χ0) is 24.4. The summed E-state index contributed by atoms with van der Waals surface area (Å²) in [6.07, 6.45) is 4.38. The largest absolute Gasteiger partial charge is 0.391 e. The molecule has 3 heterocycles. The Bertz CT molecular complexity index is 1260. The van der Waals surface area contributed by atoms with Crippen molar-refractivity contribution in [2.45, 2.75) is 63.8 Å². The summed E-state index contributed by atoms with van der Waals surface area (Å²) in [5, 5.41) is 31.9. The first-order valence-corrected chi connectivity index (χ1v) is 12.1. The zero-order valence-electron chi connectivity index (χ0n) is 20.0. The number of aliphatic hydroxyl groups excluding tert-OH is 2. The smallest absolute Gasteiger partial charge is 0.229 e. The molecule has 35 heavy (non-hydrogen) atoms. The van der Waals surface area contributed by atoms with E-state index in [4.69, 9.17) is 0 Å². The molecular formula is C26H31N7O2. The zero-order valence-corrected chi connectivity index (χ0v) is 20.0. The Hall–Kier alpha value is -3.56. The molecule has 0 spiro atoms. The first-order valence-electron chi connectivity index (χ1n) is 12.1. The Kier molecular flexibility index (Phi) is 6.61. The lowest BCUT2D eigenvalue weighted by Crippen LogP contribution is -2.47. The van der Waals surface area contributed by atoms with Gasteiger partial charge in [0.05, 0.1) is 30.1 Å². The molecule has 9 heteroatoms. The van der Waals surface area contributed by atoms with E-state index in [-0.39, 0.29) is 5.92 Å². The molecule has 1 aromatic carbocycles. The maximum Gasteiger partial charge on any atom is 0.229 e. The standard InChI is InChI=1S/C26H31N7O2/c1-16(2)19-15-29-33-24(19)31-25(30-23-21(34)7-5-8-22(23)35)32-26(33)28-14-17-9-11-18(12-10-17)20-6-3-4-13-27-20/h3-4,6,9-13,15-16,21-23,34-35H,5,7-8,14H2,1-2H3,(H2,28,30,31,32)/t21-,22+,23?. The summed E-state index contributed by atoms with van der Waals surface area (Å²) in [6.45, 7) is 4.73. The van der Waals surface area contributed by atoms with Gasteiger partial charge in [-0.05, 0) is 42.9 Å². The van der Waals surface area contributed by atoms with Gasteiger partial charge >= 0.3 is 0 Å². The van der Waals surface area contributed by atoms with Gasteiger partial charge in [0.15, 0.2) is 5.65 Å². The normalized spacial score (nSPS) is 20.3. The maximum absolute atomic E-state index is 10.4. The fraction of sp³-hybridized carbons (Fsp3) is 0.385. The number of hydrogen-bond donors (Lipinski definition) is 4. The summed E-state index contributed by atoms with van der Waals surface area (Å²) in [5.74, 6) is 1.13. The quantitative estimate of drug-likeness (QED) is 0.321. The molecule has 1 fully saturated rings. The van der Waals surface area contributed by atoms with Crippen LogP contribution in [0.15, 0.2) is 54.9 Å². The highest BCUT2D eigenvalue weighted by molar-refractivity contribution is 5.59. The number of anilines is 2. The second-order valence-electron chi connectivity index (χ2n) is 9.36. The molecule has 3 atom stereocenters. The van der Waals surface area contributed by atoms with Gasteiger partial charge in [0, 0.05) is 23.9 Å². The van der Waals surface area contributed by atoms with Gasteiger partial charge in [0.2, 0.25) is 11.9 Å². The Morgan fingerprint density at radius 2 is 1.80 bits per heavy atom. The molecule has 3 aromatic heterocycles. The molecule has 1 aliphatic carbocycles. The first-order chi connectivity index (χ1) is 17.0. The molecule has 0 radical (unpaired) electrons. The minimum atomic E-state index is -0.651. The average molecular weight is 474 g/mol. The number of rotatable bonds is 7. The Morgan fingerprint density at radius 1 is 1.03 bits per heavy atom. The molecule has 182 valence electrons. The Balaban J connectivity index is 1.40. The van der Waals surface area contributed by atoms with Gasteiger partial charge in [-0.2, -0.15) is 19.6 Å². The van der Waals surface area contributed by atoms with E-state index in [9.17, 15) is 10.2 Å². The molecule has 1 saturated carbocycles.